The molecule has 1 aromatic heterocycles. The van der Waals surface area contributed by atoms with Crippen LogP contribution in [0.2, 0.25) is 0 Å². The van der Waals surface area contributed by atoms with E-state index in [9.17, 15) is 4.79 Å². The van der Waals surface area contributed by atoms with Crippen molar-refractivity contribution in [3.05, 3.63) is 77.1 Å². The third kappa shape index (κ3) is 11.1. The zero-order chi connectivity index (χ0) is 33.8. The topological polar surface area (TPSA) is 154 Å². The number of nitrogens with zero attached hydrogens (tertiary/aromatic N) is 4. The molecule has 1 fully saturated rings. The van der Waals surface area contributed by atoms with Crippen LogP contribution in [-0.4, -0.2) is 72.3 Å². The van der Waals surface area contributed by atoms with Crippen LogP contribution in [0.4, 0.5) is 5.69 Å². The minimum absolute atomic E-state index is 0.221. The van der Waals surface area contributed by atoms with Gasteiger partial charge in [0.05, 0.1) is 39.1 Å². The molecule has 0 amide bonds. The van der Waals surface area contributed by atoms with Crippen molar-refractivity contribution >= 4 is 30.9 Å². The first-order chi connectivity index (χ1) is 22.3. The van der Waals surface area contributed by atoms with E-state index in [0.29, 0.717) is 46.4 Å². The molecule has 248 valence electrons. The number of methoxy groups -OCH3 is 4. The third-order valence-electron chi connectivity index (χ3n) is 6.99. The lowest BCUT2D eigenvalue weighted by Crippen LogP contribution is -2.43. The average Bonchev–Trinajstić information content (AvgIpc) is 3.09. The fraction of sp³-hybridized carbons (Fsp3) is 0.382. The standard InChI is InChI=1S/C20H25N5O3.C10H12N2O.C4H10O/c1-21-19-16(7-6-8-17(19)27-4)20(24-13-25-22-2)23-12-14-9-10-15(26-3)11-18(14)28-5;11-10(4-1-5-10)9-3-2-8(7-13)6-12-9;1-3-4-5-2/h6-11,13,22H,1,12H2,2-5H3,(H,23,24,25);2-3,6-7H,1,4-5,11H2;3-4H2,1-2H3. The van der Waals surface area contributed by atoms with Crippen molar-refractivity contribution in [3.8, 4) is 17.2 Å². The zero-order valence-electron chi connectivity index (χ0n) is 27.7. The molecule has 12 heteroatoms. The minimum atomic E-state index is -0.221. The summed E-state index contributed by atoms with van der Waals surface area (Å²) in [7, 11) is 8.26. The summed E-state index contributed by atoms with van der Waals surface area (Å²) in [5.74, 6) is 2.47. The molecule has 0 unspecified atom stereocenters. The molecule has 0 saturated heterocycles. The summed E-state index contributed by atoms with van der Waals surface area (Å²) in [6, 6.07) is 14.7. The minimum Gasteiger partial charge on any atom is -0.497 e. The summed E-state index contributed by atoms with van der Waals surface area (Å²) in [5.41, 5.74) is 15.1. The van der Waals surface area contributed by atoms with Crippen LogP contribution in [0.15, 0.2) is 69.7 Å². The van der Waals surface area contributed by atoms with E-state index in [1.165, 1.54) is 12.8 Å². The lowest BCUT2D eigenvalue weighted by molar-refractivity contribution is 0.112. The molecule has 12 nitrogen and oxygen atoms in total. The van der Waals surface area contributed by atoms with Gasteiger partial charge in [0.25, 0.3) is 0 Å². The molecule has 1 saturated carbocycles. The molecule has 3 aromatic rings. The summed E-state index contributed by atoms with van der Waals surface area (Å²) < 4.78 is 20.8. The van der Waals surface area contributed by atoms with Crippen LogP contribution < -0.4 is 30.8 Å². The van der Waals surface area contributed by atoms with Gasteiger partial charge >= 0.3 is 0 Å². The second kappa shape index (κ2) is 20.4. The van der Waals surface area contributed by atoms with E-state index in [1.807, 2.05) is 42.5 Å². The predicted octanol–water partition coefficient (Wildman–Crippen LogP) is 5.02. The highest BCUT2D eigenvalue weighted by atomic mass is 16.5. The van der Waals surface area contributed by atoms with Crippen LogP contribution in [0.3, 0.4) is 0 Å². The largest absolute Gasteiger partial charge is 0.497 e. The lowest BCUT2D eigenvalue weighted by Gasteiger charge is -2.37. The molecule has 1 aliphatic carbocycles. The number of para-hydroxylation sites is 1. The normalized spacial score (nSPS) is 13.2. The van der Waals surface area contributed by atoms with Gasteiger partial charge in [-0.2, -0.15) is 0 Å². The van der Waals surface area contributed by atoms with Gasteiger partial charge in [-0.3, -0.25) is 19.8 Å². The van der Waals surface area contributed by atoms with Crippen molar-refractivity contribution < 1.29 is 23.7 Å². The second-order valence-corrected chi connectivity index (χ2v) is 10.1. The van der Waals surface area contributed by atoms with Gasteiger partial charge in [-0.25, -0.2) is 10.4 Å². The number of amidine groups is 1. The number of benzene rings is 2. The maximum Gasteiger partial charge on any atom is 0.158 e. The van der Waals surface area contributed by atoms with Crippen molar-refractivity contribution in [3.63, 3.8) is 0 Å². The van der Waals surface area contributed by atoms with Gasteiger partial charge in [-0.15, -0.1) is 0 Å². The summed E-state index contributed by atoms with van der Waals surface area (Å²) in [6.45, 7) is 6.98. The van der Waals surface area contributed by atoms with Crippen LogP contribution in [-0.2, 0) is 16.8 Å². The van der Waals surface area contributed by atoms with Crippen LogP contribution >= 0.6 is 0 Å². The van der Waals surface area contributed by atoms with Crippen LogP contribution in [0.5, 0.6) is 17.2 Å². The second-order valence-electron chi connectivity index (χ2n) is 10.1. The Labute approximate surface area is 272 Å². The van der Waals surface area contributed by atoms with Gasteiger partial charge in [0, 0.05) is 49.7 Å². The number of aliphatic imine (C=N–C) groups is 3. The Balaban J connectivity index is 0.000000334. The predicted molar refractivity (Wildman–Crippen MR) is 184 cm³/mol. The molecular weight excluding hydrogens is 586 g/mol. The Kier molecular flexibility index (Phi) is 16.6. The van der Waals surface area contributed by atoms with Crippen molar-refractivity contribution in [1.82, 2.24) is 15.8 Å². The van der Waals surface area contributed by atoms with Gasteiger partial charge in [-0.1, -0.05) is 13.0 Å². The number of ether oxygens (including phenoxy) is 4. The number of rotatable bonds is 13. The molecule has 0 atom stereocenters. The van der Waals surface area contributed by atoms with Crippen LogP contribution in [0.1, 0.15) is 59.8 Å². The van der Waals surface area contributed by atoms with Crippen molar-refractivity contribution in [2.24, 2.45) is 20.7 Å². The number of aldehydes is 1. The molecule has 4 N–H and O–H groups in total. The molecule has 46 heavy (non-hydrogen) atoms. The number of carbonyl (C=O) groups is 1. The number of hydrogen-bond donors (Lipinski definition) is 3. The Hall–Kier alpha value is -4.65. The molecule has 0 aliphatic heterocycles. The van der Waals surface area contributed by atoms with Gasteiger partial charge in [0.1, 0.15) is 29.3 Å². The van der Waals surface area contributed by atoms with Gasteiger partial charge < -0.3 is 30.1 Å². The van der Waals surface area contributed by atoms with Gasteiger partial charge in [0.15, 0.2) is 12.1 Å². The smallest absolute Gasteiger partial charge is 0.158 e. The van der Waals surface area contributed by atoms with Gasteiger partial charge in [-0.05, 0) is 68.8 Å². The fourth-order valence-electron chi connectivity index (χ4n) is 4.31. The average molecular weight is 634 g/mol. The van der Waals surface area contributed by atoms with Crippen molar-refractivity contribution in [1.29, 1.82) is 0 Å². The van der Waals surface area contributed by atoms with E-state index >= 15 is 0 Å². The third-order valence-corrected chi connectivity index (χ3v) is 6.99. The van der Waals surface area contributed by atoms with Crippen LogP contribution in [0, 0.1) is 0 Å². The van der Waals surface area contributed by atoms with E-state index in [1.54, 1.807) is 47.8 Å². The Bertz CT molecular complexity index is 1420. The summed E-state index contributed by atoms with van der Waals surface area (Å²) in [5, 5.41) is 0. The first kappa shape index (κ1) is 37.5. The molecule has 4 rings (SSSR count). The number of hydrazine groups is 1. The van der Waals surface area contributed by atoms with E-state index in [2.05, 4.69) is 44.5 Å². The molecule has 0 bridgehead atoms. The van der Waals surface area contributed by atoms with Crippen molar-refractivity contribution in [2.45, 2.75) is 44.7 Å². The summed E-state index contributed by atoms with van der Waals surface area (Å²) in [4.78, 5) is 27.7. The van der Waals surface area contributed by atoms with Crippen molar-refractivity contribution in [2.75, 3.05) is 42.1 Å². The molecule has 1 aliphatic rings. The highest BCUT2D eigenvalue weighted by Gasteiger charge is 2.35. The number of pyridine rings is 1. The molecular formula is C34H47N7O5. The Morgan fingerprint density at radius 2 is 1.83 bits per heavy atom. The number of hydrogen-bond acceptors (Lipinski definition) is 10. The van der Waals surface area contributed by atoms with E-state index in [-0.39, 0.29) is 5.54 Å². The monoisotopic (exact) mass is 633 g/mol. The molecule has 1 heterocycles. The molecule has 2 aromatic carbocycles. The summed E-state index contributed by atoms with van der Waals surface area (Å²) >= 11 is 0. The highest BCUT2D eigenvalue weighted by molar-refractivity contribution is 6.07. The number of nitrogens with one attached hydrogen (secondary N) is 2. The number of carbonyl (C=O) groups excluding carboxylic acids is 1. The van der Waals surface area contributed by atoms with E-state index < -0.39 is 0 Å². The van der Waals surface area contributed by atoms with E-state index in [0.717, 1.165) is 43.4 Å². The molecule has 0 radical (unpaired) electrons. The van der Waals surface area contributed by atoms with E-state index in [4.69, 9.17) is 24.7 Å². The Morgan fingerprint density at radius 3 is 2.33 bits per heavy atom. The zero-order valence-corrected chi connectivity index (χ0v) is 27.7. The first-order valence-electron chi connectivity index (χ1n) is 14.9. The number of aromatic nitrogens is 1. The SMILES string of the molecule is C=Nc1c(OC)cccc1C(N=CNNC)=NCc1ccc(OC)cc1OC.CCCOC.NC1(c2ccc(C=O)cn2)CCC1. The number of nitrogens with two attached hydrogens (primary N) is 1. The molecule has 0 spiro atoms. The first-order valence-corrected chi connectivity index (χ1v) is 14.9. The van der Waals surface area contributed by atoms with Crippen LogP contribution in [0.25, 0.3) is 0 Å². The quantitative estimate of drug-likeness (QED) is 0.102. The maximum absolute atomic E-state index is 10.4. The van der Waals surface area contributed by atoms with Gasteiger partial charge in [0.2, 0.25) is 0 Å². The Morgan fingerprint density at radius 1 is 1.07 bits per heavy atom. The highest BCUT2D eigenvalue weighted by Crippen LogP contribution is 2.37. The maximum atomic E-state index is 10.4. The summed E-state index contributed by atoms with van der Waals surface area (Å²) in [6.07, 6.45) is 8.18. The fourth-order valence-corrected chi connectivity index (χ4v) is 4.31. The lowest BCUT2D eigenvalue weighted by atomic mass is 9.75.